The maximum Gasteiger partial charge on any atom is 0.317 e. The summed E-state index contributed by atoms with van der Waals surface area (Å²) in [7, 11) is 0. The Labute approximate surface area is 98.9 Å². The molecule has 0 amide bonds. The van der Waals surface area contributed by atoms with Gasteiger partial charge in [0, 0.05) is 5.56 Å². The van der Waals surface area contributed by atoms with Gasteiger partial charge in [0.05, 0.1) is 0 Å². The van der Waals surface area contributed by atoms with Crippen molar-refractivity contribution < 1.29 is 14.7 Å². The summed E-state index contributed by atoms with van der Waals surface area (Å²) in [6.07, 6.45) is 0. The van der Waals surface area contributed by atoms with E-state index in [4.69, 9.17) is 5.11 Å². The summed E-state index contributed by atoms with van der Waals surface area (Å²) in [5.74, 6) is -1.01. The van der Waals surface area contributed by atoms with E-state index >= 15 is 0 Å². The Morgan fingerprint density at radius 3 is 2.19 bits per heavy atom. The van der Waals surface area contributed by atoms with E-state index < -0.39 is 11.2 Å². The molecule has 0 bridgehead atoms. The van der Waals surface area contributed by atoms with Crippen LogP contribution in [0.4, 0.5) is 0 Å². The van der Waals surface area contributed by atoms with Crippen LogP contribution in [0.25, 0.3) is 0 Å². The van der Waals surface area contributed by atoms with Crippen LogP contribution in [0.2, 0.25) is 0 Å². The van der Waals surface area contributed by atoms with E-state index in [-0.39, 0.29) is 11.0 Å². The van der Waals surface area contributed by atoms with E-state index in [2.05, 4.69) is 0 Å². The maximum absolute atomic E-state index is 11.8. The highest BCUT2D eigenvalue weighted by atomic mass is 32.2. The quantitative estimate of drug-likeness (QED) is 0.876. The van der Waals surface area contributed by atoms with Gasteiger partial charge in [-0.25, -0.2) is 0 Å². The Bertz CT molecular complexity index is 373. The number of carbonyl (C=O) groups is 2. The number of thioether (sulfide) groups is 1. The molecule has 4 heteroatoms. The lowest BCUT2D eigenvalue weighted by Gasteiger charge is -2.14. The number of carbonyl (C=O) groups excluding carboxylic acids is 1. The number of aliphatic carboxylic acids is 1. The molecular weight excluding hydrogens is 224 g/mol. The molecule has 3 nitrogen and oxygen atoms in total. The molecule has 1 aromatic carbocycles. The van der Waals surface area contributed by atoms with Gasteiger partial charge in [-0.05, 0) is 5.92 Å². The van der Waals surface area contributed by atoms with E-state index in [1.807, 2.05) is 6.07 Å². The van der Waals surface area contributed by atoms with Crippen LogP contribution in [0, 0.1) is 5.92 Å². The fourth-order valence-corrected chi connectivity index (χ4v) is 2.11. The van der Waals surface area contributed by atoms with Crippen molar-refractivity contribution in [1.82, 2.24) is 0 Å². The fourth-order valence-electron chi connectivity index (χ4n) is 1.23. The summed E-state index contributed by atoms with van der Waals surface area (Å²) in [4.78, 5) is 22.7. The van der Waals surface area contributed by atoms with E-state index in [0.29, 0.717) is 5.56 Å². The van der Waals surface area contributed by atoms with Crippen LogP contribution in [0.3, 0.4) is 0 Å². The average Bonchev–Trinajstić information content (AvgIpc) is 2.25. The third-order valence-electron chi connectivity index (χ3n) is 2.09. The minimum atomic E-state index is -0.940. The lowest BCUT2D eigenvalue weighted by atomic mass is 10.1. The van der Waals surface area contributed by atoms with Crippen LogP contribution in [0.1, 0.15) is 24.2 Å². The molecule has 1 N–H and O–H groups in total. The smallest absolute Gasteiger partial charge is 0.317 e. The predicted molar refractivity (Wildman–Crippen MR) is 64.6 cm³/mol. The normalized spacial score (nSPS) is 12.4. The summed E-state index contributed by atoms with van der Waals surface area (Å²) < 4.78 is 0. The molecule has 0 aliphatic heterocycles. The highest BCUT2D eigenvalue weighted by Gasteiger charge is 2.25. The van der Waals surface area contributed by atoms with Gasteiger partial charge < -0.3 is 5.11 Å². The number of hydrogen-bond acceptors (Lipinski definition) is 3. The molecule has 0 saturated heterocycles. The van der Waals surface area contributed by atoms with Crippen molar-refractivity contribution in [3.63, 3.8) is 0 Å². The summed E-state index contributed by atoms with van der Waals surface area (Å²) >= 11 is 0.876. The van der Waals surface area contributed by atoms with Gasteiger partial charge in [-0.2, -0.15) is 0 Å². The summed E-state index contributed by atoms with van der Waals surface area (Å²) in [5, 5.41) is 8.09. The van der Waals surface area contributed by atoms with Gasteiger partial charge in [-0.15, -0.1) is 0 Å². The molecule has 0 saturated carbocycles. The van der Waals surface area contributed by atoms with Gasteiger partial charge in [0.2, 0.25) is 5.12 Å². The van der Waals surface area contributed by atoms with E-state index in [1.165, 1.54) is 0 Å². The molecule has 86 valence electrons. The molecule has 0 heterocycles. The Morgan fingerprint density at radius 2 is 1.75 bits per heavy atom. The molecular formula is C12H14O3S. The first-order valence-corrected chi connectivity index (χ1v) is 5.89. The molecule has 1 unspecified atom stereocenters. The Balaban J connectivity index is 2.74. The Morgan fingerprint density at radius 1 is 1.19 bits per heavy atom. The number of rotatable bonds is 4. The average molecular weight is 238 g/mol. The summed E-state index contributed by atoms with van der Waals surface area (Å²) in [6, 6.07) is 8.72. The first-order valence-electron chi connectivity index (χ1n) is 5.01. The summed E-state index contributed by atoms with van der Waals surface area (Å²) in [5.41, 5.74) is 0.541. The van der Waals surface area contributed by atoms with Crippen molar-refractivity contribution in [2.24, 2.45) is 5.92 Å². The minimum Gasteiger partial charge on any atom is -0.480 e. The third-order valence-corrected chi connectivity index (χ3v) is 3.54. The van der Waals surface area contributed by atoms with Crippen LogP contribution in [-0.4, -0.2) is 21.4 Å². The number of carboxylic acids is 1. The Kier molecular flexibility index (Phi) is 4.55. The van der Waals surface area contributed by atoms with Crippen molar-refractivity contribution in [3.8, 4) is 0 Å². The van der Waals surface area contributed by atoms with Crippen molar-refractivity contribution in [2.45, 2.75) is 19.1 Å². The molecule has 0 aliphatic carbocycles. The second kappa shape index (κ2) is 5.70. The van der Waals surface area contributed by atoms with Crippen molar-refractivity contribution in [1.29, 1.82) is 0 Å². The van der Waals surface area contributed by atoms with Crippen LogP contribution in [-0.2, 0) is 4.79 Å². The SMILES string of the molecule is CC(C)C(SC(=O)c1ccccc1)C(=O)O. The lowest BCUT2D eigenvalue weighted by molar-refractivity contribution is -0.137. The second-order valence-electron chi connectivity index (χ2n) is 3.77. The number of carboxylic acid groups (broad SMARTS) is 1. The van der Waals surface area contributed by atoms with Crippen LogP contribution < -0.4 is 0 Å². The zero-order valence-corrected chi connectivity index (χ0v) is 10.0. The summed E-state index contributed by atoms with van der Waals surface area (Å²) in [6.45, 7) is 3.59. The Hall–Kier alpha value is -1.29. The molecule has 1 rings (SSSR count). The van der Waals surface area contributed by atoms with Crippen LogP contribution >= 0.6 is 11.8 Å². The van der Waals surface area contributed by atoms with Gasteiger partial charge in [-0.1, -0.05) is 55.9 Å². The zero-order chi connectivity index (χ0) is 12.1. The first-order chi connectivity index (χ1) is 7.52. The third kappa shape index (κ3) is 3.38. The number of hydrogen-bond donors (Lipinski definition) is 1. The molecule has 0 spiro atoms. The number of benzene rings is 1. The molecule has 0 fully saturated rings. The van der Waals surface area contributed by atoms with Crippen LogP contribution in [0.5, 0.6) is 0 Å². The molecule has 1 aromatic rings. The molecule has 16 heavy (non-hydrogen) atoms. The lowest BCUT2D eigenvalue weighted by Crippen LogP contribution is -2.24. The highest BCUT2D eigenvalue weighted by molar-refractivity contribution is 8.15. The second-order valence-corrected chi connectivity index (χ2v) is 4.89. The van der Waals surface area contributed by atoms with E-state index in [1.54, 1.807) is 38.1 Å². The van der Waals surface area contributed by atoms with E-state index in [0.717, 1.165) is 11.8 Å². The first kappa shape index (κ1) is 12.8. The molecule has 0 aliphatic rings. The topological polar surface area (TPSA) is 54.4 Å². The molecule has 1 atom stereocenters. The van der Waals surface area contributed by atoms with Gasteiger partial charge >= 0.3 is 5.97 Å². The standard InChI is InChI=1S/C12H14O3S/c1-8(2)10(11(13)14)16-12(15)9-6-4-3-5-7-9/h3-8,10H,1-2H3,(H,13,14). The van der Waals surface area contributed by atoms with Gasteiger partial charge in [0.1, 0.15) is 5.25 Å². The molecule has 0 radical (unpaired) electrons. The highest BCUT2D eigenvalue weighted by Crippen LogP contribution is 2.23. The fraction of sp³-hybridized carbons (Fsp3) is 0.333. The molecule has 0 aromatic heterocycles. The zero-order valence-electron chi connectivity index (χ0n) is 9.21. The van der Waals surface area contributed by atoms with Crippen LogP contribution in [0.15, 0.2) is 30.3 Å². The van der Waals surface area contributed by atoms with Gasteiger partial charge in [0.15, 0.2) is 0 Å². The predicted octanol–water partition coefficient (Wildman–Crippen LogP) is 2.67. The monoisotopic (exact) mass is 238 g/mol. The van der Waals surface area contributed by atoms with E-state index in [9.17, 15) is 9.59 Å². The van der Waals surface area contributed by atoms with Crippen molar-refractivity contribution in [3.05, 3.63) is 35.9 Å². The van der Waals surface area contributed by atoms with Crippen molar-refractivity contribution in [2.75, 3.05) is 0 Å². The van der Waals surface area contributed by atoms with Gasteiger partial charge in [-0.3, -0.25) is 9.59 Å². The van der Waals surface area contributed by atoms with Crippen molar-refractivity contribution >= 4 is 22.8 Å². The minimum absolute atomic E-state index is 0.0739. The largest absolute Gasteiger partial charge is 0.480 e. The van der Waals surface area contributed by atoms with Gasteiger partial charge in [0.25, 0.3) is 0 Å². The maximum atomic E-state index is 11.8.